The highest BCUT2D eigenvalue weighted by Gasteiger charge is 2.48. The molecule has 1 atom stereocenters. The molecular formula is C34H34ClN3O5S2. The molecule has 1 saturated heterocycles. The molecule has 8 nitrogen and oxygen atoms in total. The molecule has 4 aromatic rings. The Labute approximate surface area is 276 Å². The van der Waals surface area contributed by atoms with E-state index in [1.54, 1.807) is 48.5 Å². The second-order valence-electron chi connectivity index (χ2n) is 10.4. The molecule has 0 aliphatic carbocycles. The van der Waals surface area contributed by atoms with Crippen LogP contribution in [0.3, 0.4) is 0 Å². The Balaban J connectivity index is 1.48. The SMILES string of the molecule is CCCCOc1ccc(C(O)=C2C(=O)C(=O)N(c3nnc(SCc4ccccc4Cl)s3)[C@H]2c2ccc(OCCCC)cc2)cc1. The van der Waals surface area contributed by atoms with Crippen LogP contribution >= 0.6 is 34.7 Å². The van der Waals surface area contributed by atoms with Crippen molar-refractivity contribution in [3.8, 4) is 11.5 Å². The number of halogens is 1. The van der Waals surface area contributed by atoms with E-state index in [0.717, 1.165) is 31.2 Å². The number of rotatable bonds is 14. The molecule has 0 unspecified atom stereocenters. The first-order chi connectivity index (χ1) is 21.9. The highest BCUT2D eigenvalue weighted by atomic mass is 35.5. The molecule has 0 radical (unpaired) electrons. The molecule has 3 aromatic carbocycles. The lowest BCUT2D eigenvalue weighted by Crippen LogP contribution is -2.29. The molecule has 11 heteroatoms. The van der Waals surface area contributed by atoms with Gasteiger partial charge in [0.2, 0.25) is 5.13 Å². The van der Waals surface area contributed by atoms with Crippen molar-refractivity contribution in [3.63, 3.8) is 0 Å². The van der Waals surface area contributed by atoms with Crippen molar-refractivity contribution in [3.05, 3.63) is 100 Å². The average molecular weight is 664 g/mol. The number of amides is 1. The number of nitrogens with zero attached hydrogens (tertiary/aromatic N) is 3. The Kier molecular flexibility index (Phi) is 11.2. The van der Waals surface area contributed by atoms with Crippen LogP contribution in [-0.2, 0) is 15.3 Å². The summed E-state index contributed by atoms with van der Waals surface area (Å²) in [5.74, 6) is 0.0341. The van der Waals surface area contributed by atoms with Crippen LogP contribution in [0.25, 0.3) is 5.76 Å². The zero-order valence-corrected chi connectivity index (χ0v) is 27.5. The number of Topliss-reactive ketones (excluding diaryl/α,β-unsaturated/α-hetero) is 1. The maximum absolute atomic E-state index is 13.6. The van der Waals surface area contributed by atoms with Crippen LogP contribution in [0.15, 0.2) is 82.7 Å². The molecule has 1 aliphatic heterocycles. The summed E-state index contributed by atoms with van der Waals surface area (Å²) in [6, 6.07) is 20.7. The fourth-order valence-corrected chi connectivity index (χ4v) is 6.89. The van der Waals surface area contributed by atoms with Gasteiger partial charge in [-0.1, -0.05) is 91.7 Å². The maximum Gasteiger partial charge on any atom is 0.301 e. The van der Waals surface area contributed by atoms with Gasteiger partial charge in [0.1, 0.15) is 17.3 Å². The van der Waals surface area contributed by atoms with Crippen molar-refractivity contribution in [2.24, 2.45) is 0 Å². The van der Waals surface area contributed by atoms with Gasteiger partial charge in [0.15, 0.2) is 4.34 Å². The summed E-state index contributed by atoms with van der Waals surface area (Å²) < 4.78 is 12.2. The highest BCUT2D eigenvalue weighted by molar-refractivity contribution is 8.00. The number of carbonyl (C=O) groups is 2. The number of ether oxygens (including phenoxy) is 2. The molecule has 1 fully saturated rings. The molecule has 45 heavy (non-hydrogen) atoms. The standard InChI is InChI=1S/C34H34ClN3O5S2/c1-3-5-19-42-25-15-11-22(12-16-25)29-28(30(39)23-13-17-26(18-14-23)43-20-6-4-2)31(40)32(41)38(29)33-36-37-34(45-33)44-21-24-9-7-8-10-27(24)35/h7-18,29,39H,3-6,19-21H2,1-2H3/t29-/m0/s1. The molecule has 1 N–H and O–H groups in total. The van der Waals surface area contributed by atoms with E-state index in [-0.39, 0.29) is 16.5 Å². The van der Waals surface area contributed by atoms with Gasteiger partial charge in [-0.15, -0.1) is 10.2 Å². The summed E-state index contributed by atoms with van der Waals surface area (Å²) >= 11 is 8.96. The molecule has 0 saturated carbocycles. The van der Waals surface area contributed by atoms with Gasteiger partial charge in [0.25, 0.3) is 5.78 Å². The number of carbonyl (C=O) groups excluding carboxylic acids is 2. The first-order valence-electron chi connectivity index (χ1n) is 14.9. The Morgan fingerprint density at radius 2 is 1.53 bits per heavy atom. The number of aliphatic hydroxyl groups excluding tert-OH is 1. The van der Waals surface area contributed by atoms with Gasteiger partial charge in [-0.05, 0) is 66.4 Å². The van der Waals surface area contributed by atoms with Gasteiger partial charge in [-0.3, -0.25) is 14.5 Å². The summed E-state index contributed by atoms with van der Waals surface area (Å²) in [4.78, 5) is 28.5. The lowest BCUT2D eigenvalue weighted by molar-refractivity contribution is -0.132. The number of aliphatic hydroxyl groups is 1. The molecule has 234 valence electrons. The number of hydrogen-bond donors (Lipinski definition) is 1. The topological polar surface area (TPSA) is 102 Å². The van der Waals surface area contributed by atoms with Gasteiger partial charge >= 0.3 is 5.91 Å². The van der Waals surface area contributed by atoms with Gasteiger partial charge in [-0.25, -0.2) is 0 Å². The molecular weight excluding hydrogens is 630 g/mol. The summed E-state index contributed by atoms with van der Waals surface area (Å²) in [6.07, 6.45) is 3.89. The molecule has 5 rings (SSSR count). The van der Waals surface area contributed by atoms with Gasteiger partial charge in [0, 0.05) is 16.3 Å². The Bertz CT molecular complexity index is 1660. The Morgan fingerprint density at radius 3 is 2.16 bits per heavy atom. The lowest BCUT2D eigenvalue weighted by atomic mass is 9.95. The first kappa shape index (κ1) is 32.5. The van der Waals surface area contributed by atoms with Crippen molar-refractivity contribution in [1.82, 2.24) is 10.2 Å². The normalized spacial score (nSPS) is 15.9. The van der Waals surface area contributed by atoms with Crippen LogP contribution in [-0.4, -0.2) is 40.2 Å². The van der Waals surface area contributed by atoms with Crippen LogP contribution in [0.2, 0.25) is 5.02 Å². The maximum atomic E-state index is 13.6. The average Bonchev–Trinajstić information content (AvgIpc) is 3.63. The van der Waals surface area contributed by atoms with E-state index in [0.29, 0.717) is 51.0 Å². The van der Waals surface area contributed by atoms with Gasteiger partial charge in [-0.2, -0.15) is 0 Å². The monoisotopic (exact) mass is 663 g/mol. The number of aromatic nitrogens is 2. The fourth-order valence-electron chi connectivity index (χ4n) is 4.74. The van der Waals surface area contributed by atoms with E-state index >= 15 is 0 Å². The van der Waals surface area contributed by atoms with Crippen LogP contribution in [0.5, 0.6) is 11.5 Å². The second kappa shape index (κ2) is 15.4. The van der Waals surface area contributed by atoms with Gasteiger partial charge in [0.05, 0.1) is 24.8 Å². The number of thioether (sulfide) groups is 1. The number of anilines is 1. The zero-order valence-electron chi connectivity index (χ0n) is 25.1. The van der Waals surface area contributed by atoms with Crippen molar-refractivity contribution in [1.29, 1.82) is 0 Å². The van der Waals surface area contributed by atoms with Gasteiger partial charge < -0.3 is 14.6 Å². The summed E-state index contributed by atoms with van der Waals surface area (Å²) in [7, 11) is 0. The van der Waals surface area contributed by atoms with E-state index < -0.39 is 17.7 Å². The quantitative estimate of drug-likeness (QED) is 0.0358. The minimum atomic E-state index is -0.926. The fraction of sp³-hybridized carbons (Fsp3) is 0.294. The second-order valence-corrected chi connectivity index (χ2v) is 13.0. The number of benzene rings is 3. The number of unbranched alkanes of at least 4 members (excludes halogenated alkanes) is 2. The van der Waals surface area contributed by atoms with E-state index in [2.05, 4.69) is 24.0 Å². The van der Waals surface area contributed by atoms with Crippen LogP contribution in [0.1, 0.15) is 62.3 Å². The third kappa shape index (κ3) is 7.69. The summed E-state index contributed by atoms with van der Waals surface area (Å²) in [5.41, 5.74) is 1.94. The molecule has 1 aliphatic rings. The van der Waals surface area contributed by atoms with E-state index in [1.165, 1.54) is 28.0 Å². The summed E-state index contributed by atoms with van der Waals surface area (Å²) in [5, 5.41) is 21.0. The zero-order chi connectivity index (χ0) is 31.8. The summed E-state index contributed by atoms with van der Waals surface area (Å²) in [6.45, 7) is 5.36. The van der Waals surface area contributed by atoms with Crippen molar-refractivity contribution in [2.45, 2.75) is 55.7 Å². The molecule has 2 heterocycles. The lowest BCUT2D eigenvalue weighted by Gasteiger charge is -2.22. The number of ketones is 1. The third-order valence-electron chi connectivity index (χ3n) is 7.21. The van der Waals surface area contributed by atoms with Crippen LogP contribution in [0.4, 0.5) is 5.13 Å². The predicted molar refractivity (Wildman–Crippen MR) is 179 cm³/mol. The Hall–Kier alpha value is -3.86. The molecule has 1 aromatic heterocycles. The van der Waals surface area contributed by atoms with Crippen LogP contribution in [0, 0.1) is 0 Å². The molecule has 0 spiro atoms. The largest absolute Gasteiger partial charge is 0.507 e. The first-order valence-corrected chi connectivity index (χ1v) is 17.1. The molecule has 1 amide bonds. The predicted octanol–water partition coefficient (Wildman–Crippen LogP) is 8.47. The Morgan fingerprint density at radius 1 is 0.911 bits per heavy atom. The smallest absolute Gasteiger partial charge is 0.301 e. The van der Waals surface area contributed by atoms with Crippen molar-refractivity contribution >= 4 is 57.3 Å². The highest BCUT2D eigenvalue weighted by Crippen LogP contribution is 2.44. The van der Waals surface area contributed by atoms with E-state index in [9.17, 15) is 14.7 Å². The minimum Gasteiger partial charge on any atom is -0.507 e. The third-order valence-corrected chi connectivity index (χ3v) is 9.69. The van der Waals surface area contributed by atoms with E-state index in [4.69, 9.17) is 21.1 Å². The number of hydrogen-bond acceptors (Lipinski definition) is 9. The van der Waals surface area contributed by atoms with Crippen molar-refractivity contribution < 1.29 is 24.2 Å². The minimum absolute atomic E-state index is 0.0280. The van der Waals surface area contributed by atoms with Crippen molar-refractivity contribution in [2.75, 3.05) is 18.1 Å². The van der Waals surface area contributed by atoms with E-state index in [1.807, 2.05) is 24.3 Å². The molecule has 0 bridgehead atoms. The van der Waals surface area contributed by atoms with Crippen LogP contribution < -0.4 is 14.4 Å².